The van der Waals surface area contributed by atoms with E-state index in [2.05, 4.69) is 44.8 Å². The minimum Gasteiger partial charge on any atom is -0.319 e. The summed E-state index contributed by atoms with van der Waals surface area (Å²) in [6.07, 6.45) is 3.86. The summed E-state index contributed by atoms with van der Waals surface area (Å²) in [4.78, 5) is 2.69. The molecule has 0 aromatic heterocycles. The molecule has 16 heavy (non-hydrogen) atoms. The Morgan fingerprint density at radius 1 is 1.12 bits per heavy atom. The van der Waals surface area contributed by atoms with Crippen molar-refractivity contribution in [2.45, 2.75) is 66.0 Å². The van der Waals surface area contributed by atoms with Gasteiger partial charge in [-0.3, -0.25) is 4.90 Å². The third-order valence-electron chi connectivity index (χ3n) is 3.80. The van der Waals surface area contributed by atoms with Crippen molar-refractivity contribution in [2.75, 3.05) is 20.1 Å². The number of unbranched alkanes of at least 4 members (excludes halogenated alkanes) is 1. The van der Waals surface area contributed by atoms with Gasteiger partial charge in [0.05, 0.1) is 0 Å². The van der Waals surface area contributed by atoms with Crippen LogP contribution in [0, 0.1) is 5.92 Å². The Morgan fingerprint density at radius 2 is 1.75 bits per heavy atom. The molecule has 0 amide bonds. The molecule has 0 aliphatic carbocycles. The van der Waals surface area contributed by atoms with Crippen LogP contribution >= 0.6 is 0 Å². The smallest absolute Gasteiger partial charge is 0.0107 e. The molecule has 0 heterocycles. The lowest BCUT2D eigenvalue weighted by atomic mass is 9.99. The van der Waals surface area contributed by atoms with Crippen molar-refractivity contribution in [3.8, 4) is 0 Å². The van der Waals surface area contributed by atoms with Crippen LogP contribution in [-0.4, -0.2) is 37.1 Å². The van der Waals surface area contributed by atoms with Gasteiger partial charge in [-0.15, -0.1) is 0 Å². The molecule has 0 aromatic rings. The maximum atomic E-state index is 3.29. The van der Waals surface area contributed by atoms with Crippen LogP contribution in [0.4, 0.5) is 0 Å². The van der Waals surface area contributed by atoms with Gasteiger partial charge in [0.1, 0.15) is 0 Å². The van der Waals surface area contributed by atoms with Crippen molar-refractivity contribution in [3.63, 3.8) is 0 Å². The molecule has 0 aliphatic rings. The highest BCUT2D eigenvalue weighted by Crippen LogP contribution is 2.16. The van der Waals surface area contributed by atoms with Gasteiger partial charge >= 0.3 is 0 Å². The summed E-state index contributed by atoms with van der Waals surface area (Å²) >= 11 is 0. The largest absolute Gasteiger partial charge is 0.319 e. The van der Waals surface area contributed by atoms with E-state index in [0.717, 1.165) is 12.5 Å². The van der Waals surface area contributed by atoms with Crippen LogP contribution in [0.15, 0.2) is 0 Å². The maximum absolute atomic E-state index is 3.29. The summed E-state index contributed by atoms with van der Waals surface area (Å²) in [6.45, 7) is 14.0. The summed E-state index contributed by atoms with van der Waals surface area (Å²) in [6, 6.07) is 1.38. The number of rotatable bonds is 9. The van der Waals surface area contributed by atoms with Crippen molar-refractivity contribution in [1.29, 1.82) is 0 Å². The van der Waals surface area contributed by atoms with E-state index in [4.69, 9.17) is 0 Å². The van der Waals surface area contributed by atoms with E-state index in [-0.39, 0.29) is 0 Å². The fraction of sp³-hybridized carbons (Fsp3) is 1.00. The predicted octanol–water partition coefficient (Wildman–Crippen LogP) is 3.13. The predicted molar refractivity (Wildman–Crippen MR) is 73.9 cm³/mol. The van der Waals surface area contributed by atoms with Gasteiger partial charge in [-0.1, -0.05) is 27.2 Å². The summed E-state index contributed by atoms with van der Waals surface area (Å²) in [7, 11) is 2.04. The molecule has 98 valence electrons. The fourth-order valence-corrected chi connectivity index (χ4v) is 2.22. The van der Waals surface area contributed by atoms with Crippen LogP contribution in [0.2, 0.25) is 0 Å². The first-order valence-electron chi connectivity index (χ1n) is 6.98. The Hall–Kier alpha value is -0.0800. The first kappa shape index (κ1) is 15.9. The van der Waals surface area contributed by atoms with Gasteiger partial charge in [0.2, 0.25) is 0 Å². The number of hydrogen-bond donors (Lipinski definition) is 1. The summed E-state index contributed by atoms with van der Waals surface area (Å²) in [5.74, 6) is 0.718. The second-order valence-electron chi connectivity index (χ2n) is 5.12. The third kappa shape index (κ3) is 5.31. The zero-order valence-electron chi connectivity index (χ0n) is 12.2. The van der Waals surface area contributed by atoms with E-state index >= 15 is 0 Å². The number of hydrogen-bond acceptors (Lipinski definition) is 2. The van der Waals surface area contributed by atoms with E-state index in [1.54, 1.807) is 0 Å². The minimum atomic E-state index is 0.675. The summed E-state index contributed by atoms with van der Waals surface area (Å²) in [5, 5.41) is 3.29. The SMILES string of the molecule is CCCCN(C(C)CC)C(C)C(C)CNC. The second kappa shape index (κ2) is 9.00. The maximum Gasteiger partial charge on any atom is 0.0107 e. The normalized spacial score (nSPS) is 17.4. The minimum absolute atomic E-state index is 0.675. The molecule has 0 rings (SSSR count). The Kier molecular flexibility index (Phi) is 8.96. The molecular formula is C14H32N2. The second-order valence-corrected chi connectivity index (χ2v) is 5.12. The van der Waals surface area contributed by atoms with Crippen LogP contribution in [0.25, 0.3) is 0 Å². The highest BCUT2D eigenvalue weighted by Gasteiger charge is 2.22. The summed E-state index contributed by atoms with van der Waals surface area (Å²) < 4.78 is 0. The third-order valence-corrected chi connectivity index (χ3v) is 3.80. The van der Waals surface area contributed by atoms with Crippen LogP contribution in [0.3, 0.4) is 0 Å². The quantitative estimate of drug-likeness (QED) is 0.652. The zero-order valence-corrected chi connectivity index (χ0v) is 12.2. The van der Waals surface area contributed by atoms with Crippen molar-refractivity contribution >= 4 is 0 Å². The standard InChI is InChI=1S/C14H32N2/c1-7-9-10-16(13(4)8-2)14(5)12(3)11-15-6/h12-15H,7-11H2,1-6H3. The molecule has 0 spiro atoms. The molecule has 1 N–H and O–H groups in total. The molecule has 0 fully saturated rings. The Morgan fingerprint density at radius 3 is 2.19 bits per heavy atom. The van der Waals surface area contributed by atoms with Crippen molar-refractivity contribution in [2.24, 2.45) is 5.92 Å². The van der Waals surface area contributed by atoms with Crippen molar-refractivity contribution < 1.29 is 0 Å². The molecule has 0 bridgehead atoms. The van der Waals surface area contributed by atoms with Gasteiger partial charge in [0, 0.05) is 12.1 Å². The molecule has 0 saturated heterocycles. The number of nitrogens with zero attached hydrogens (tertiary/aromatic N) is 1. The van der Waals surface area contributed by atoms with E-state index in [1.807, 2.05) is 7.05 Å². The lowest BCUT2D eigenvalue weighted by molar-refractivity contribution is 0.111. The molecule has 0 aromatic carbocycles. The monoisotopic (exact) mass is 228 g/mol. The Balaban J connectivity index is 4.35. The fourth-order valence-electron chi connectivity index (χ4n) is 2.22. The molecule has 0 aliphatic heterocycles. The van der Waals surface area contributed by atoms with Crippen LogP contribution < -0.4 is 5.32 Å². The summed E-state index contributed by atoms with van der Waals surface area (Å²) in [5.41, 5.74) is 0. The first-order chi connectivity index (χ1) is 7.58. The molecule has 3 unspecified atom stereocenters. The molecule has 2 nitrogen and oxygen atoms in total. The van der Waals surface area contributed by atoms with Gasteiger partial charge in [-0.2, -0.15) is 0 Å². The average molecular weight is 228 g/mol. The molecule has 3 atom stereocenters. The highest BCUT2D eigenvalue weighted by atomic mass is 15.2. The van der Waals surface area contributed by atoms with Gasteiger partial charge in [0.25, 0.3) is 0 Å². The zero-order chi connectivity index (χ0) is 12.6. The van der Waals surface area contributed by atoms with Crippen molar-refractivity contribution in [3.05, 3.63) is 0 Å². The van der Waals surface area contributed by atoms with Crippen molar-refractivity contribution in [1.82, 2.24) is 10.2 Å². The van der Waals surface area contributed by atoms with E-state index in [0.29, 0.717) is 12.1 Å². The number of nitrogens with one attached hydrogen (secondary N) is 1. The van der Waals surface area contributed by atoms with E-state index in [9.17, 15) is 0 Å². The lowest BCUT2D eigenvalue weighted by Gasteiger charge is -2.37. The van der Waals surface area contributed by atoms with Crippen LogP contribution in [-0.2, 0) is 0 Å². The molecule has 2 heteroatoms. The van der Waals surface area contributed by atoms with Crippen LogP contribution in [0.1, 0.15) is 53.9 Å². The Bertz CT molecular complexity index is 159. The average Bonchev–Trinajstić information content (AvgIpc) is 2.29. The van der Waals surface area contributed by atoms with Crippen LogP contribution in [0.5, 0.6) is 0 Å². The van der Waals surface area contributed by atoms with E-state index < -0.39 is 0 Å². The molecule has 0 saturated carbocycles. The lowest BCUT2D eigenvalue weighted by Crippen LogP contribution is -2.45. The van der Waals surface area contributed by atoms with Gasteiger partial charge in [0.15, 0.2) is 0 Å². The van der Waals surface area contributed by atoms with Gasteiger partial charge < -0.3 is 5.32 Å². The van der Waals surface area contributed by atoms with Gasteiger partial charge in [-0.05, 0) is 52.7 Å². The topological polar surface area (TPSA) is 15.3 Å². The highest BCUT2D eigenvalue weighted by molar-refractivity contribution is 4.77. The Labute approximate surface area is 103 Å². The van der Waals surface area contributed by atoms with E-state index in [1.165, 1.54) is 25.8 Å². The first-order valence-corrected chi connectivity index (χ1v) is 6.98. The molecular weight excluding hydrogens is 196 g/mol. The van der Waals surface area contributed by atoms with Gasteiger partial charge in [-0.25, -0.2) is 0 Å². The molecule has 0 radical (unpaired) electrons.